The predicted octanol–water partition coefficient (Wildman–Crippen LogP) is 7.08. The summed E-state index contributed by atoms with van der Waals surface area (Å²) in [7, 11) is 0. The number of amides is 1. The van der Waals surface area contributed by atoms with Gasteiger partial charge in [-0.3, -0.25) is 14.5 Å². The third-order valence-electron chi connectivity index (χ3n) is 6.32. The maximum absolute atomic E-state index is 13.9. The molecule has 194 valence electrons. The molecule has 5 rings (SSSR count). The van der Waals surface area contributed by atoms with Gasteiger partial charge in [0.1, 0.15) is 5.58 Å². The van der Waals surface area contributed by atoms with Gasteiger partial charge in [0.15, 0.2) is 23.0 Å². The SMILES string of the molecule is CCOc1ccc(N2C(=O)C(O)=C(C(=O)c3cc4cc(Br)ccc4o3)C2c2cccc(C)c2)cc1OCC. The van der Waals surface area contributed by atoms with E-state index in [1.807, 2.05) is 57.2 Å². The van der Waals surface area contributed by atoms with E-state index in [-0.39, 0.29) is 11.3 Å². The number of carbonyl (C=O) groups excluding carboxylic acids is 2. The molecule has 0 saturated heterocycles. The van der Waals surface area contributed by atoms with E-state index in [9.17, 15) is 14.7 Å². The number of ether oxygens (including phenoxy) is 2. The van der Waals surface area contributed by atoms with Crippen molar-refractivity contribution in [2.45, 2.75) is 26.8 Å². The summed E-state index contributed by atoms with van der Waals surface area (Å²) < 4.78 is 18.1. The van der Waals surface area contributed by atoms with Crippen molar-refractivity contribution in [1.82, 2.24) is 0 Å². The number of benzene rings is 3. The van der Waals surface area contributed by atoms with Crippen molar-refractivity contribution in [3.8, 4) is 11.5 Å². The van der Waals surface area contributed by atoms with Crippen LogP contribution in [0.25, 0.3) is 11.0 Å². The van der Waals surface area contributed by atoms with Gasteiger partial charge in [-0.1, -0.05) is 45.8 Å². The Bertz CT molecular complexity index is 1590. The van der Waals surface area contributed by atoms with Gasteiger partial charge in [0, 0.05) is 21.6 Å². The molecule has 0 bridgehead atoms. The zero-order chi connectivity index (χ0) is 27.0. The molecule has 4 aromatic rings. The Morgan fingerprint density at radius 3 is 2.50 bits per heavy atom. The Kier molecular flexibility index (Phi) is 6.99. The third kappa shape index (κ3) is 4.56. The molecule has 7 nitrogen and oxygen atoms in total. The fraction of sp³-hybridized carbons (Fsp3) is 0.200. The van der Waals surface area contributed by atoms with Crippen LogP contribution in [0.15, 0.2) is 87.0 Å². The van der Waals surface area contributed by atoms with Crippen molar-refractivity contribution in [2.75, 3.05) is 18.1 Å². The Morgan fingerprint density at radius 1 is 1.00 bits per heavy atom. The predicted molar refractivity (Wildman–Crippen MR) is 148 cm³/mol. The van der Waals surface area contributed by atoms with Gasteiger partial charge in [0.05, 0.1) is 24.8 Å². The van der Waals surface area contributed by atoms with Crippen molar-refractivity contribution in [2.24, 2.45) is 0 Å². The molecule has 8 heteroatoms. The highest BCUT2D eigenvalue weighted by atomic mass is 79.9. The van der Waals surface area contributed by atoms with E-state index in [2.05, 4.69) is 15.9 Å². The summed E-state index contributed by atoms with van der Waals surface area (Å²) >= 11 is 3.43. The standard InChI is InChI=1S/C30H26BrNO6/c1-4-36-23-12-10-21(16-24(23)37-5-2)32-27(18-8-6-7-17(3)13-18)26(29(34)30(32)35)28(33)25-15-19-14-20(31)9-11-22(19)38-25/h6-16,27,34H,4-5H2,1-3H3. The molecule has 0 radical (unpaired) electrons. The first kappa shape index (κ1) is 25.6. The third-order valence-corrected chi connectivity index (χ3v) is 6.81. The normalized spacial score (nSPS) is 15.4. The first-order valence-electron chi connectivity index (χ1n) is 12.3. The van der Waals surface area contributed by atoms with Crippen molar-refractivity contribution in [3.05, 3.63) is 99.4 Å². The van der Waals surface area contributed by atoms with Crippen molar-refractivity contribution < 1.29 is 28.6 Å². The van der Waals surface area contributed by atoms with Crippen LogP contribution in [0.5, 0.6) is 11.5 Å². The highest BCUT2D eigenvalue weighted by molar-refractivity contribution is 9.10. The Morgan fingerprint density at radius 2 is 1.76 bits per heavy atom. The quantitative estimate of drug-likeness (QED) is 0.226. The zero-order valence-corrected chi connectivity index (χ0v) is 22.7. The fourth-order valence-electron chi connectivity index (χ4n) is 4.71. The molecule has 1 N–H and O–H groups in total. The molecule has 0 saturated carbocycles. The van der Waals surface area contributed by atoms with Crippen LogP contribution in [-0.2, 0) is 4.79 Å². The molecule has 1 unspecified atom stereocenters. The minimum atomic E-state index is -0.887. The summed E-state index contributed by atoms with van der Waals surface area (Å²) in [6, 6.07) is 18.8. The number of fused-ring (bicyclic) bond motifs is 1. The minimum Gasteiger partial charge on any atom is -0.503 e. The molecular formula is C30H26BrNO6. The summed E-state index contributed by atoms with van der Waals surface area (Å²) in [5, 5.41) is 11.8. The molecule has 1 aliphatic rings. The second-order valence-corrected chi connectivity index (χ2v) is 9.79. The van der Waals surface area contributed by atoms with E-state index in [1.54, 1.807) is 30.3 Å². The van der Waals surface area contributed by atoms with Gasteiger partial charge in [-0.2, -0.15) is 0 Å². The molecule has 2 heterocycles. The average Bonchev–Trinajstić information content (AvgIpc) is 3.43. The number of Topliss-reactive ketones (excluding diaryl/α,β-unsaturated/α-hetero) is 1. The van der Waals surface area contributed by atoms with Gasteiger partial charge in [-0.05, 0) is 62.7 Å². The van der Waals surface area contributed by atoms with Gasteiger partial charge >= 0.3 is 0 Å². The first-order chi connectivity index (χ1) is 18.3. The van der Waals surface area contributed by atoms with E-state index in [0.29, 0.717) is 41.5 Å². The molecule has 1 aromatic heterocycles. The number of aliphatic hydroxyl groups is 1. The van der Waals surface area contributed by atoms with Crippen LogP contribution in [0, 0.1) is 6.92 Å². The number of aryl methyl sites for hydroxylation is 1. The number of furan rings is 1. The largest absolute Gasteiger partial charge is 0.503 e. The number of halogens is 1. The van der Waals surface area contributed by atoms with E-state index in [0.717, 1.165) is 15.4 Å². The number of hydrogen-bond acceptors (Lipinski definition) is 6. The lowest BCUT2D eigenvalue weighted by Crippen LogP contribution is -2.31. The lowest BCUT2D eigenvalue weighted by Gasteiger charge is -2.27. The fourth-order valence-corrected chi connectivity index (χ4v) is 5.09. The van der Waals surface area contributed by atoms with Crippen molar-refractivity contribution in [3.63, 3.8) is 0 Å². The highest BCUT2D eigenvalue weighted by Crippen LogP contribution is 2.44. The maximum Gasteiger partial charge on any atom is 0.294 e. The molecule has 0 aliphatic carbocycles. The van der Waals surface area contributed by atoms with Crippen LogP contribution in [0.4, 0.5) is 5.69 Å². The molecule has 3 aromatic carbocycles. The number of nitrogens with zero attached hydrogens (tertiary/aromatic N) is 1. The number of rotatable bonds is 8. The summed E-state index contributed by atoms with van der Waals surface area (Å²) in [5.74, 6) is -0.828. The van der Waals surface area contributed by atoms with Crippen LogP contribution in [0.1, 0.15) is 41.6 Å². The van der Waals surface area contributed by atoms with E-state index in [4.69, 9.17) is 13.9 Å². The van der Waals surface area contributed by atoms with E-state index < -0.39 is 23.5 Å². The topological polar surface area (TPSA) is 89.2 Å². The first-order valence-corrected chi connectivity index (χ1v) is 13.1. The molecule has 0 spiro atoms. The summed E-state index contributed by atoms with van der Waals surface area (Å²) in [5.41, 5.74) is 2.56. The Balaban J connectivity index is 1.64. The number of ketones is 1. The molecule has 1 atom stereocenters. The number of carbonyl (C=O) groups is 2. The van der Waals surface area contributed by atoms with E-state index in [1.165, 1.54) is 4.90 Å². The van der Waals surface area contributed by atoms with Crippen LogP contribution < -0.4 is 14.4 Å². The van der Waals surface area contributed by atoms with E-state index >= 15 is 0 Å². The number of anilines is 1. The van der Waals surface area contributed by atoms with Gasteiger partial charge in [-0.25, -0.2) is 0 Å². The van der Waals surface area contributed by atoms with Gasteiger partial charge < -0.3 is 19.0 Å². The number of aliphatic hydroxyl groups excluding tert-OH is 1. The molecule has 38 heavy (non-hydrogen) atoms. The zero-order valence-electron chi connectivity index (χ0n) is 21.2. The average molecular weight is 576 g/mol. The highest BCUT2D eigenvalue weighted by Gasteiger charge is 2.45. The van der Waals surface area contributed by atoms with Crippen molar-refractivity contribution in [1.29, 1.82) is 0 Å². The molecule has 0 fully saturated rings. The lowest BCUT2D eigenvalue weighted by atomic mass is 9.93. The van der Waals surface area contributed by atoms with Gasteiger partial charge in [0.25, 0.3) is 5.91 Å². The lowest BCUT2D eigenvalue weighted by molar-refractivity contribution is -0.117. The summed E-state index contributed by atoms with van der Waals surface area (Å²) in [4.78, 5) is 28.9. The monoisotopic (exact) mass is 575 g/mol. The smallest absolute Gasteiger partial charge is 0.294 e. The Labute approximate surface area is 228 Å². The van der Waals surface area contributed by atoms with Crippen LogP contribution in [0.3, 0.4) is 0 Å². The van der Waals surface area contributed by atoms with Crippen LogP contribution in [-0.4, -0.2) is 30.0 Å². The second kappa shape index (κ2) is 10.4. The van der Waals surface area contributed by atoms with Gasteiger partial charge in [-0.15, -0.1) is 0 Å². The van der Waals surface area contributed by atoms with Crippen LogP contribution >= 0.6 is 15.9 Å². The summed E-state index contributed by atoms with van der Waals surface area (Å²) in [6.07, 6.45) is 0. The molecule has 1 aliphatic heterocycles. The number of hydrogen-bond donors (Lipinski definition) is 1. The minimum absolute atomic E-state index is 0.0358. The molecule has 1 amide bonds. The van der Waals surface area contributed by atoms with Crippen molar-refractivity contribution >= 4 is 44.3 Å². The second-order valence-electron chi connectivity index (χ2n) is 8.87. The summed E-state index contributed by atoms with van der Waals surface area (Å²) in [6.45, 7) is 6.50. The Hall–Kier alpha value is -4.04. The molecular weight excluding hydrogens is 550 g/mol. The van der Waals surface area contributed by atoms with Crippen LogP contribution in [0.2, 0.25) is 0 Å². The van der Waals surface area contributed by atoms with Gasteiger partial charge in [0.2, 0.25) is 5.78 Å². The maximum atomic E-state index is 13.9.